The minimum atomic E-state index is 0. The molecule has 0 amide bonds. The van der Waals surface area contributed by atoms with Crippen LogP contribution in [0.4, 0.5) is 0 Å². The van der Waals surface area contributed by atoms with E-state index < -0.39 is 0 Å². The van der Waals surface area contributed by atoms with Crippen LogP contribution in [-0.2, 0) is 0 Å². The van der Waals surface area contributed by atoms with E-state index in [2.05, 4.69) is 0 Å². The quantitative estimate of drug-likeness (QED) is 0.264. The number of rotatable bonds is 0. The van der Waals surface area contributed by atoms with Gasteiger partial charge in [-0.3, -0.25) is 0 Å². The first-order chi connectivity index (χ1) is 0. The molecular weight excluding hydrogens is 505 g/mol. The van der Waals surface area contributed by atoms with Gasteiger partial charge in [0.05, 0.1) is 0 Å². The fourth-order valence-corrected chi connectivity index (χ4v) is 0. The molecule has 0 saturated heterocycles. The molecule has 90 valence electrons. The first-order valence-electron chi connectivity index (χ1n) is 0. The zero-order valence-electron chi connectivity index (χ0n) is 8.41. The van der Waals surface area contributed by atoms with Gasteiger partial charge in [-0.05, 0) is 0 Å². The summed E-state index contributed by atoms with van der Waals surface area (Å²) in [5.74, 6) is 0. The van der Waals surface area contributed by atoms with Crippen molar-refractivity contribution in [1.82, 2.24) is 0 Å². The molecule has 20 N–H and O–H groups in total. The molecule has 10 nitrogen and oxygen atoms in total. The average Bonchev–Trinajstić information content (AvgIpc) is 0. The SMILES string of the molecule is O.O.O.O.O.O.O.O.O.O.[Ba+2].[H-].[H-].[PbH2]. The molecule has 0 atom stereocenters. The number of hydrogen-bond acceptors (Lipinski definition) is 0. The number of hydrogen-bond donors (Lipinski definition) is 0. The summed E-state index contributed by atoms with van der Waals surface area (Å²) in [4.78, 5) is 0. The summed E-state index contributed by atoms with van der Waals surface area (Å²) < 4.78 is 0. The first-order valence-corrected chi connectivity index (χ1v) is 0. The van der Waals surface area contributed by atoms with E-state index in [0.29, 0.717) is 0 Å². The van der Waals surface area contributed by atoms with Crippen LogP contribution in [0.15, 0.2) is 0 Å². The molecule has 0 aliphatic heterocycles. The van der Waals surface area contributed by atoms with Gasteiger partial charge in [-0.1, -0.05) is 0 Å². The van der Waals surface area contributed by atoms with Gasteiger partial charge in [0.25, 0.3) is 0 Å². The van der Waals surface area contributed by atoms with Gasteiger partial charge in [-0.15, -0.1) is 0 Å². The van der Waals surface area contributed by atoms with Crippen molar-refractivity contribution in [2.75, 3.05) is 0 Å². The van der Waals surface area contributed by atoms with Crippen molar-refractivity contribution in [1.29, 1.82) is 0 Å². The molecule has 0 aromatic carbocycles. The second-order valence-corrected chi connectivity index (χ2v) is 0. The Bertz CT molecular complexity index is 18.1. The van der Waals surface area contributed by atoms with Gasteiger partial charge >= 0.3 is 76.2 Å². The average molecular weight is 529 g/mol. The standard InChI is InChI=1S/Ba.10H2O.Pb.4H/h;10*1H2;;;;;/q+2;;;;;;;;;;;;;;2*-1. The van der Waals surface area contributed by atoms with Crippen molar-refractivity contribution in [3.05, 3.63) is 0 Å². The molecule has 0 aliphatic carbocycles. The van der Waals surface area contributed by atoms with Crippen LogP contribution in [-0.4, -0.2) is 131 Å². The van der Waals surface area contributed by atoms with Crippen LogP contribution in [0.25, 0.3) is 0 Å². The third-order valence-corrected chi connectivity index (χ3v) is 0. The van der Waals surface area contributed by atoms with Crippen molar-refractivity contribution < 1.29 is 57.6 Å². The summed E-state index contributed by atoms with van der Waals surface area (Å²) in [5, 5.41) is 0. The molecule has 12 heteroatoms. The maximum atomic E-state index is 0. The summed E-state index contributed by atoms with van der Waals surface area (Å²) >= 11 is 0. The Balaban J connectivity index is 0. The van der Waals surface area contributed by atoms with Crippen LogP contribution < -0.4 is 0 Å². The second kappa shape index (κ2) is 437. The predicted octanol–water partition coefficient (Wildman–Crippen LogP) is -9.32. The van der Waals surface area contributed by atoms with E-state index in [9.17, 15) is 0 Å². The maximum absolute atomic E-state index is 0. The summed E-state index contributed by atoms with van der Waals surface area (Å²) in [6, 6.07) is 0. The van der Waals surface area contributed by atoms with Gasteiger partial charge in [0.15, 0.2) is 0 Å². The van der Waals surface area contributed by atoms with Crippen LogP contribution >= 0.6 is 0 Å². The minimum absolute atomic E-state index is 0. The Morgan fingerprint density at radius 3 is 0.333 bits per heavy atom. The van der Waals surface area contributed by atoms with E-state index in [1.165, 1.54) is 0 Å². The van der Waals surface area contributed by atoms with Gasteiger partial charge in [0.1, 0.15) is 0 Å². The molecule has 0 aromatic rings. The molecule has 0 bridgehead atoms. The zero-order valence-corrected chi connectivity index (χ0v) is 16.4. The van der Waals surface area contributed by atoms with Crippen molar-refractivity contribution in [2.24, 2.45) is 0 Å². The van der Waals surface area contributed by atoms with Gasteiger partial charge in [-0.25, -0.2) is 0 Å². The van der Waals surface area contributed by atoms with Crippen LogP contribution in [0.3, 0.4) is 0 Å². The monoisotopic (exact) mass is 530 g/mol. The Hall–Kier alpha value is 2.09. The Kier molecular flexibility index (Phi) is 20100. The molecule has 0 rings (SSSR count). The van der Waals surface area contributed by atoms with Crippen LogP contribution in [0.5, 0.6) is 0 Å². The molecule has 0 unspecified atom stereocenters. The molecule has 12 heavy (non-hydrogen) atoms. The Morgan fingerprint density at radius 1 is 0.333 bits per heavy atom. The summed E-state index contributed by atoms with van der Waals surface area (Å²) in [5.41, 5.74) is 0. The Morgan fingerprint density at radius 2 is 0.333 bits per heavy atom. The van der Waals surface area contributed by atoms with Crippen molar-refractivity contribution in [3.63, 3.8) is 0 Å². The fraction of sp³-hybridized carbons (Fsp3) is 0. The van der Waals surface area contributed by atoms with E-state index >= 15 is 0 Å². The molecule has 0 heterocycles. The van der Waals surface area contributed by atoms with Gasteiger partial charge < -0.3 is 57.6 Å². The van der Waals surface area contributed by atoms with E-state index in [1.807, 2.05) is 0 Å². The fourth-order valence-electron chi connectivity index (χ4n) is 0. The van der Waals surface area contributed by atoms with Gasteiger partial charge in [0.2, 0.25) is 0 Å². The van der Waals surface area contributed by atoms with Crippen molar-refractivity contribution in [2.45, 2.75) is 0 Å². The summed E-state index contributed by atoms with van der Waals surface area (Å²) in [6.45, 7) is 0. The van der Waals surface area contributed by atoms with Crippen LogP contribution in [0.1, 0.15) is 2.85 Å². The molecule has 0 aliphatic rings. The van der Waals surface area contributed by atoms with Crippen LogP contribution in [0, 0.1) is 0 Å². The van der Waals surface area contributed by atoms with Gasteiger partial charge in [-0.2, -0.15) is 0 Å². The predicted molar refractivity (Wildman–Crippen MR) is 52.7 cm³/mol. The summed E-state index contributed by atoms with van der Waals surface area (Å²) in [6.07, 6.45) is 0. The second-order valence-electron chi connectivity index (χ2n) is 0. The zero-order chi connectivity index (χ0) is 0. The third-order valence-electron chi connectivity index (χ3n) is 0. The summed E-state index contributed by atoms with van der Waals surface area (Å²) in [7, 11) is 0. The van der Waals surface area contributed by atoms with E-state index in [0.717, 1.165) is 0 Å². The normalized spacial score (nSPS) is 0. The first kappa shape index (κ1) is 551. The third kappa shape index (κ3) is 340. The molecule has 0 saturated carbocycles. The van der Waals surface area contributed by atoms with E-state index in [4.69, 9.17) is 0 Å². The molecule has 0 fully saturated rings. The van der Waals surface area contributed by atoms with E-state index in [-0.39, 0.29) is 134 Å². The molecule has 0 spiro atoms. The van der Waals surface area contributed by atoms with E-state index in [1.54, 1.807) is 0 Å². The topological polar surface area (TPSA) is 315 Å². The van der Waals surface area contributed by atoms with Gasteiger partial charge in [0, 0.05) is 0 Å². The molecule has 2 radical (unpaired) electrons. The molecular formula is H24BaO10Pb. The van der Waals surface area contributed by atoms with Crippen LogP contribution in [0.2, 0.25) is 0 Å². The van der Waals surface area contributed by atoms with Crippen molar-refractivity contribution in [3.8, 4) is 0 Å². The Labute approximate surface area is 132 Å². The van der Waals surface area contributed by atoms with Crippen molar-refractivity contribution >= 4 is 76.2 Å². The molecule has 0 aromatic heterocycles.